The lowest BCUT2D eigenvalue weighted by Gasteiger charge is -2.42. The number of carbonyl (C=O) groups is 2. The highest BCUT2D eigenvalue weighted by molar-refractivity contribution is 5.97. The van der Waals surface area contributed by atoms with Crippen molar-refractivity contribution in [3.63, 3.8) is 0 Å². The Morgan fingerprint density at radius 1 is 0.809 bits per heavy atom. The van der Waals surface area contributed by atoms with Crippen LogP contribution in [0.1, 0.15) is 36.8 Å². The smallest absolute Gasteiger partial charge is 0.233 e. The number of amides is 2. The zero-order chi connectivity index (χ0) is 33.2. The zero-order valence-corrected chi connectivity index (χ0v) is 25.9. The monoisotopic (exact) mass is 636 g/mol. The maximum Gasteiger partial charge on any atom is 0.233 e. The van der Waals surface area contributed by atoms with Crippen molar-refractivity contribution in [2.24, 2.45) is 0 Å². The van der Waals surface area contributed by atoms with Gasteiger partial charge in [-0.05, 0) is 16.7 Å². The third-order valence-corrected chi connectivity index (χ3v) is 8.43. The minimum Gasteiger partial charge on any atom is -0.390 e. The number of aliphatic hydroxyl groups is 3. The van der Waals surface area contributed by atoms with Gasteiger partial charge in [-0.15, -0.1) is 0 Å². The summed E-state index contributed by atoms with van der Waals surface area (Å²) in [5.74, 6) is -0.939. The van der Waals surface area contributed by atoms with Crippen molar-refractivity contribution in [2.75, 3.05) is 10.6 Å². The van der Waals surface area contributed by atoms with Crippen LogP contribution in [0.15, 0.2) is 97.3 Å². The molecule has 5 aromatic rings. The van der Waals surface area contributed by atoms with Crippen molar-refractivity contribution < 1.29 is 29.6 Å². The van der Waals surface area contributed by atoms with Gasteiger partial charge in [0.2, 0.25) is 17.8 Å². The lowest BCUT2D eigenvalue weighted by atomic mass is 9.71. The fourth-order valence-corrected chi connectivity index (χ4v) is 6.35. The molecule has 3 heterocycles. The van der Waals surface area contributed by atoms with Gasteiger partial charge in [0, 0.05) is 33.1 Å². The highest BCUT2D eigenvalue weighted by atomic mass is 16.6. The Balaban J connectivity index is 1.54. The standard InChI is InChI=1S/C35H36N6O6/c1-22(42)37-30-28-31(40-33(39-30)38-23(2)43)41(21-36-28)32-35(46,20-26-16-10-5-11-17-26)34(45,19-25-14-8-4-9-15-25)29(47-32)27(44)18-24-12-6-3-7-13-24/h3-17,21,27,29,32,44-46H,18-20H2,1-2H3,(H2,37,38,39,40,42,43)/t27?,29-,32-,34-,35-/m1/s1. The number of benzene rings is 3. The molecule has 0 bridgehead atoms. The molecule has 5 atom stereocenters. The highest BCUT2D eigenvalue weighted by Crippen LogP contribution is 2.51. The molecule has 0 radical (unpaired) electrons. The van der Waals surface area contributed by atoms with Crippen LogP contribution in [-0.4, -0.2) is 70.1 Å². The number of anilines is 2. The summed E-state index contributed by atoms with van der Waals surface area (Å²) < 4.78 is 8.05. The van der Waals surface area contributed by atoms with Crippen LogP contribution < -0.4 is 10.6 Å². The third kappa shape index (κ3) is 6.36. The number of hydrogen-bond donors (Lipinski definition) is 5. The molecule has 1 unspecified atom stereocenters. The second-order valence-electron chi connectivity index (χ2n) is 11.9. The van der Waals surface area contributed by atoms with E-state index in [0.29, 0.717) is 5.56 Å². The third-order valence-electron chi connectivity index (χ3n) is 8.43. The molecule has 1 aliphatic heterocycles. The SMILES string of the molecule is CC(=O)Nc1nc(NC(C)=O)c2ncn([C@@H]3O[C@H](C(O)Cc4ccccc4)[C@](O)(Cc4ccccc4)[C@@]3(O)Cc3ccccc3)c2n1. The molecule has 0 aliphatic carbocycles. The van der Waals surface area contributed by atoms with Crippen LogP contribution >= 0.6 is 0 Å². The van der Waals surface area contributed by atoms with E-state index in [1.165, 1.54) is 24.7 Å². The topological polar surface area (TPSA) is 172 Å². The van der Waals surface area contributed by atoms with Gasteiger partial charge in [0.05, 0.1) is 12.4 Å². The second kappa shape index (κ2) is 13.0. The van der Waals surface area contributed by atoms with Gasteiger partial charge in [0.15, 0.2) is 23.2 Å². The van der Waals surface area contributed by atoms with Gasteiger partial charge in [0.1, 0.15) is 17.3 Å². The Bertz CT molecular complexity index is 1870. The maximum absolute atomic E-state index is 13.0. The van der Waals surface area contributed by atoms with Crippen molar-refractivity contribution in [3.05, 3.63) is 114 Å². The van der Waals surface area contributed by atoms with Gasteiger partial charge in [0.25, 0.3) is 0 Å². The molecule has 12 heteroatoms. The van der Waals surface area contributed by atoms with E-state index < -0.39 is 41.5 Å². The Kier molecular flexibility index (Phi) is 8.84. The van der Waals surface area contributed by atoms with E-state index >= 15 is 0 Å². The normalized spacial score (nSPS) is 23.0. The van der Waals surface area contributed by atoms with Crippen LogP contribution in [0.25, 0.3) is 11.2 Å². The van der Waals surface area contributed by atoms with Crippen LogP contribution in [0, 0.1) is 0 Å². The Morgan fingerprint density at radius 3 is 1.89 bits per heavy atom. The number of carbonyl (C=O) groups excluding carboxylic acids is 2. The fourth-order valence-electron chi connectivity index (χ4n) is 6.35. The first-order valence-corrected chi connectivity index (χ1v) is 15.3. The molecular weight excluding hydrogens is 600 g/mol. The maximum atomic E-state index is 13.0. The summed E-state index contributed by atoms with van der Waals surface area (Å²) in [6.45, 7) is 2.61. The van der Waals surface area contributed by atoms with Gasteiger partial charge in [-0.1, -0.05) is 91.0 Å². The number of nitrogens with zero attached hydrogens (tertiary/aromatic N) is 4. The fraction of sp³-hybridized carbons (Fsp3) is 0.286. The predicted molar refractivity (Wildman–Crippen MR) is 174 cm³/mol. The number of nitrogens with one attached hydrogen (secondary N) is 2. The van der Waals surface area contributed by atoms with Crippen molar-refractivity contribution >= 4 is 34.7 Å². The molecule has 0 spiro atoms. The van der Waals surface area contributed by atoms with E-state index in [9.17, 15) is 24.9 Å². The van der Waals surface area contributed by atoms with Gasteiger partial charge in [-0.3, -0.25) is 19.5 Å². The van der Waals surface area contributed by atoms with Gasteiger partial charge in [-0.2, -0.15) is 9.97 Å². The molecule has 0 saturated carbocycles. The summed E-state index contributed by atoms with van der Waals surface area (Å²) >= 11 is 0. The second-order valence-corrected chi connectivity index (χ2v) is 11.9. The molecule has 2 aromatic heterocycles. The van der Waals surface area contributed by atoms with Crippen molar-refractivity contribution in [3.8, 4) is 0 Å². The molecule has 242 valence electrons. The number of imidazole rings is 1. The molecule has 3 aromatic carbocycles. The lowest BCUT2D eigenvalue weighted by molar-refractivity contribution is -0.160. The zero-order valence-electron chi connectivity index (χ0n) is 25.9. The number of aromatic nitrogens is 4. The summed E-state index contributed by atoms with van der Waals surface area (Å²) in [5, 5.41) is 42.9. The van der Waals surface area contributed by atoms with Crippen molar-refractivity contribution in [2.45, 2.75) is 62.7 Å². The molecule has 1 aliphatic rings. The van der Waals surface area contributed by atoms with E-state index in [2.05, 4.69) is 25.6 Å². The average molecular weight is 637 g/mol. The Morgan fingerprint density at radius 2 is 1.34 bits per heavy atom. The number of rotatable bonds is 10. The lowest BCUT2D eigenvalue weighted by Crippen LogP contribution is -2.62. The minimum absolute atomic E-state index is 0.0369. The van der Waals surface area contributed by atoms with Gasteiger partial charge < -0.3 is 25.4 Å². The first-order chi connectivity index (χ1) is 22.6. The summed E-state index contributed by atoms with van der Waals surface area (Å²) in [6, 6.07) is 27.7. The minimum atomic E-state index is -2.08. The summed E-state index contributed by atoms with van der Waals surface area (Å²) in [7, 11) is 0. The van der Waals surface area contributed by atoms with Crippen molar-refractivity contribution in [1.82, 2.24) is 19.5 Å². The average Bonchev–Trinajstić information content (AvgIpc) is 3.54. The molecule has 5 N–H and O–H groups in total. The van der Waals surface area contributed by atoms with Crippen LogP contribution in [0.5, 0.6) is 0 Å². The molecule has 2 amide bonds. The summed E-state index contributed by atoms with van der Waals surface area (Å²) in [4.78, 5) is 37.2. The van der Waals surface area contributed by atoms with E-state index in [-0.39, 0.29) is 42.2 Å². The van der Waals surface area contributed by atoms with Gasteiger partial charge >= 0.3 is 0 Å². The molecule has 1 saturated heterocycles. The summed E-state index contributed by atoms with van der Waals surface area (Å²) in [5.41, 5.74) is -1.58. The molecule has 12 nitrogen and oxygen atoms in total. The Hall–Kier alpha value is -5.01. The molecule has 47 heavy (non-hydrogen) atoms. The van der Waals surface area contributed by atoms with E-state index in [4.69, 9.17) is 4.74 Å². The largest absolute Gasteiger partial charge is 0.390 e. The number of aliphatic hydroxyl groups excluding tert-OH is 1. The van der Waals surface area contributed by atoms with Crippen LogP contribution in [0.3, 0.4) is 0 Å². The van der Waals surface area contributed by atoms with Crippen LogP contribution in [0.2, 0.25) is 0 Å². The summed E-state index contributed by atoms with van der Waals surface area (Å²) in [6.07, 6.45) is -2.49. The number of fused-ring (bicyclic) bond motifs is 1. The highest BCUT2D eigenvalue weighted by Gasteiger charge is 2.67. The number of hydrogen-bond acceptors (Lipinski definition) is 9. The quantitative estimate of drug-likeness (QED) is 0.154. The van der Waals surface area contributed by atoms with E-state index in [1.807, 2.05) is 91.0 Å². The Labute approximate surface area is 271 Å². The molecular formula is C35H36N6O6. The molecule has 1 fully saturated rings. The molecule has 6 rings (SSSR count). The predicted octanol–water partition coefficient (Wildman–Crippen LogP) is 3.19. The van der Waals surface area contributed by atoms with E-state index in [0.717, 1.165) is 11.1 Å². The first kappa shape index (κ1) is 32.0. The van der Waals surface area contributed by atoms with Gasteiger partial charge in [-0.25, -0.2) is 4.98 Å². The van der Waals surface area contributed by atoms with E-state index in [1.54, 1.807) is 0 Å². The van der Waals surface area contributed by atoms with Crippen LogP contribution in [-0.2, 0) is 33.6 Å². The van der Waals surface area contributed by atoms with Crippen molar-refractivity contribution in [1.29, 1.82) is 0 Å². The van der Waals surface area contributed by atoms with Crippen LogP contribution in [0.4, 0.5) is 11.8 Å². The first-order valence-electron chi connectivity index (χ1n) is 15.3. The number of ether oxygens (including phenoxy) is 1.